The third-order valence-corrected chi connectivity index (χ3v) is 4.05. The molecule has 0 unspecified atom stereocenters. The van der Waals surface area contributed by atoms with Gasteiger partial charge in [0, 0.05) is 13.0 Å². The zero-order chi connectivity index (χ0) is 19.1. The molecule has 1 aliphatic rings. The molecule has 1 aliphatic heterocycles. The Balaban J connectivity index is 1.31. The van der Waals surface area contributed by atoms with Crippen molar-refractivity contribution in [2.24, 2.45) is 0 Å². The summed E-state index contributed by atoms with van der Waals surface area (Å²) in [4.78, 5) is 42.4. The Kier molecular flexibility index (Phi) is 6.17. The molecule has 0 bridgehead atoms. The molecule has 2 aromatic rings. The lowest BCUT2D eigenvalue weighted by Gasteiger charge is -2.13. The fourth-order valence-corrected chi connectivity index (χ4v) is 2.74. The molecule has 0 fully saturated rings. The van der Waals surface area contributed by atoms with Gasteiger partial charge in [-0.1, -0.05) is 30.3 Å². The zero-order valence-electron chi connectivity index (χ0n) is 14.7. The van der Waals surface area contributed by atoms with E-state index in [1.54, 1.807) is 24.3 Å². The van der Waals surface area contributed by atoms with Crippen molar-refractivity contribution in [1.29, 1.82) is 0 Å². The molecule has 0 radical (unpaired) electrons. The molecule has 7 nitrogen and oxygen atoms in total. The number of imide groups is 1. The number of ether oxygens (including phenoxy) is 1. The predicted molar refractivity (Wildman–Crippen MR) is 97.1 cm³/mol. The number of fused-ring (bicyclic) bond motifs is 1. The molecule has 2 aromatic carbocycles. The van der Waals surface area contributed by atoms with E-state index in [1.807, 2.05) is 30.3 Å². The number of hydrogen-bond donors (Lipinski definition) is 1. The van der Waals surface area contributed by atoms with Crippen LogP contribution in [0, 0.1) is 0 Å². The molecule has 0 spiro atoms. The SMILES string of the molecule is O=C(CCCN1C(=O)c2ccccc2C1=O)NOCCOc1ccccc1. The number of rotatable bonds is 9. The Morgan fingerprint density at radius 3 is 2.19 bits per heavy atom. The van der Waals surface area contributed by atoms with Gasteiger partial charge in [0.15, 0.2) is 0 Å². The van der Waals surface area contributed by atoms with E-state index < -0.39 is 0 Å². The number of hydroxylamine groups is 1. The van der Waals surface area contributed by atoms with E-state index in [-0.39, 0.29) is 37.3 Å². The average Bonchev–Trinajstić information content (AvgIpc) is 2.94. The lowest BCUT2D eigenvalue weighted by atomic mass is 10.1. The summed E-state index contributed by atoms with van der Waals surface area (Å²) >= 11 is 0. The molecule has 140 valence electrons. The van der Waals surface area contributed by atoms with Crippen molar-refractivity contribution in [2.75, 3.05) is 19.8 Å². The lowest BCUT2D eigenvalue weighted by Crippen LogP contribution is -2.32. The van der Waals surface area contributed by atoms with Crippen LogP contribution < -0.4 is 10.2 Å². The third-order valence-electron chi connectivity index (χ3n) is 4.05. The fourth-order valence-electron chi connectivity index (χ4n) is 2.74. The van der Waals surface area contributed by atoms with Crippen molar-refractivity contribution in [1.82, 2.24) is 10.4 Å². The lowest BCUT2D eigenvalue weighted by molar-refractivity contribution is -0.134. The largest absolute Gasteiger partial charge is 0.491 e. The van der Waals surface area contributed by atoms with E-state index in [0.717, 1.165) is 5.75 Å². The summed E-state index contributed by atoms with van der Waals surface area (Å²) < 4.78 is 5.43. The molecule has 0 aromatic heterocycles. The van der Waals surface area contributed by atoms with Crippen LogP contribution in [0.25, 0.3) is 0 Å². The van der Waals surface area contributed by atoms with E-state index >= 15 is 0 Å². The van der Waals surface area contributed by atoms with Gasteiger partial charge >= 0.3 is 0 Å². The quantitative estimate of drug-likeness (QED) is 0.417. The second kappa shape index (κ2) is 8.95. The van der Waals surface area contributed by atoms with Gasteiger partial charge < -0.3 is 4.74 Å². The molecule has 0 aliphatic carbocycles. The first-order chi connectivity index (χ1) is 13.2. The van der Waals surface area contributed by atoms with Crippen molar-refractivity contribution < 1.29 is 24.0 Å². The molecule has 3 rings (SSSR count). The van der Waals surface area contributed by atoms with E-state index in [4.69, 9.17) is 9.57 Å². The van der Waals surface area contributed by atoms with Gasteiger partial charge in [-0.25, -0.2) is 5.48 Å². The van der Waals surface area contributed by atoms with Crippen molar-refractivity contribution in [3.8, 4) is 5.75 Å². The smallest absolute Gasteiger partial charge is 0.261 e. The Labute approximate surface area is 156 Å². The molecule has 3 amide bonds. The summed E-state index contributed by atoms with van der Waals surface area (Å²) in [6.45, 7) is 0.704. The standard InChI is InChI=1S/C20H20N2O5/c23-18(21-27-14-13-26-15-7-2-1-3-8-15)11-6-12-22-19(24)16-9-4-5-10-17(16)20(22)25/h1-5,7-10H,6,11-14H2,(H,21,23). The molecular formula is C20H20N2O5. The molecular weight excluding hydrogens is 348 g/mol. The van der Waals surface area contributed by atoms with Crippen LogP contribution in [-0.4, -0.2) is 42.4 Å². The number of carbonyl (C=O) groups excluding carboxylic acids is 3. The summed E-state index contributed by atoms with van der Waals surface area (Å²) in [6.07, 6.45) is 0.508. The van der Waals surface area contributed by atoms with E-state index in [1.165, 1.54) is 4.90 Å². The van der Waals surface area contributed by atoms with Gasteiger partial charge in [0.25, 0.3) is 11.8 Å². The molecule has 7 heteroatoms. The summed E-state index contributed by atoms with van der Waals surface area (Å²) in [5.41, 5.74) is 3.15. The van der Waals surface area contributed by atoms with Gasteiger partial charge in [-0.2, -0.15) is 0 Å². The van der Waals surface area contributed by atoms with Crippen LogP contribution in [-0.2, 0) is 9.63 Å². The second-order valence-corrected chi connectivity index (χ2v) is 5.95. The van der Waals surface area contributed by atoms with Crippen molar-refractivity contribution in [3.63, 3.8) is 0 Å². The maximum absolute atomic E-state index is 12.2. The van der Waals surface area contributed by atoms with E-state index in [0.29, 0.717) is 24.2 Å². The second-order valence-electron chi connectivity index (χ2n) is 5.95. The number of hydrogen-bond acceptors (Lipinski definition) is 5. The summed E-state index contributed by atoms with van der Waals surface area (Å²) in [7, 11) is 0. The summed E-state index contributed by atoms with van der Waals surface area (Å²) in [6, 6.07) is 16.0. The van der Waals surface area contributed by atoms with E-state index in [9.17, 15) is 14.4 Å². The highest BCUT2D eigenvalue weighted by Crippen LogP contribution is 2.22. The van der Waals surface area contributed by atoms with Crippen LogP contribution in [0.3, 0.4) is 0 Å². The number of para-hydroxylation sites is 1. The number of amides is 3. The Hall–Kier alpha value is -3.19. The summed E-state index contributed by atoms with van der Waals surface area (Å²) in [5.74, 6) is -0.213. The van der Waals surface area contributed by atoms with Crippen molar-refractivity contribution in [3.05, 3.63) is 65.7 Å². The number of benzene rings is 2. The minimum atomic E-state index is -0.315. The predicted octanol–water partition coefficient (Wildman–Crippen LogP) is 2.19. The van der Waals surface area contributed by atoms with Crippen LogP contribution in [0.2, 0.25) is 0 Å². The first-order valence-electron chi connectivity index (χ1n) is 8.70. The normalized spacial score (nSPS) is 12.8. The van der Waals surface area contributed by atoms with Crippen molar-refractivity contribution >= 4 is 17.7 Å². The van der Waals surface area contributed by atoms with Crippen LogP contribution >= 0.6 is 0 Å². The molecule has 1 N–H and O–H groups in total. The van der Waals surface area contributed by atoms with Crippen LogP contribution in [0.5, 0.6) is 5.75 Å². The van der Waals surface area contributed by atoms with Crippen LogP contribution in [0.4, 0.5) is 0 Å². The van der Waals surface area contributed by atoms with Gasteiger partial charge in [0.1, 0.15) is 19.0 Å². The minimum absolute atomic E-state index is 0.146. The molecule has 27 heavy (non-hydrogen) atoms. The molecule has 1 heterocycles. The Bertz CT molecular complexity index is 787. The Morgan fingerprint density at radius 2 is 1.52 bits per heavy atom. The number of nitrogens with one attached hydrogen (secondary N) is 1. The highest BCUT2D eigenvalue weighted by atomic mass is 16.7. The van der Waals surface area contributed by atoms with Gasteiger partial charge in [0.2, 0.25) is 5.91 Å². The van der Waals surface area contributed by atoms with Crippen molar-refractivity contribution in [2.45, 2.75) is 12.8 Å². The van der Waals surface area contributed by atoms with Gasteiger partial charge in [0.05, 0.1) is 11.1 Å². The number of carbonyl (C=O) groups is 3. The topological polar surface area (TPSA) is 84.9 Å². The van der Waals surface area contributed by atoms with Gasteiger partial charge in [-0.05, 0) is 30.7 Å². The average molecular weight is 368 g/mol. The highest BCUT2D eigenvalue weighted by Gasteiger charge is 2.34. The first kappa shape index (κ1) is 18.6. The fraction of sp³-hybridized carbons (Fsp3) is 0.250. The number of nitrogens with zero attached hydrogens (tertiary/aromatic N) is 1. The third kappa shape index (κ3) is 4.71. The monoisotopic (exact) mass is 368 g/mol. The highest BCUT2D eigenvalue weighted by molar-refractivity contribution is 6.21. The van der Waals surface area contributed by atoms with Crippen LogP contribution in [0.1, 0.15) is 33.6 Å². The van der Waals surface area contributed by atoms with Gasteiger partial charge in [-0.15, -0.1) is 0 Å². The van der Waals surface area contributed by atoms with Crippen LogP contribution in [0.15, 0.2) is 54.6 Å². The maximum Gasteiger partial charge on any atom is 0.261 e. The van der Waals surface area contributed by atoms with Gasteiger partial charge in [-0.3, -0.25) is 24.1 Å². The molecule has 0 saturated heterocycles. The Morgan fingerprint density at radius 1 is 0.889 bits per heavy atom. The zero-order valence-corrected chi connectivity index (χ0v) is 14.7. The summed E-state index contributed by atoms with van der Waals surface area (Å²) in [5, 5.41) is 0. The maximum atomic E-state index is 12.2. The minimum Gasteiger partial charge on any atom is -0.491 e. The van der Waals surface area contributed by atoms with E-state index in [2.05, 4.69) is 5.48 Å². The molecule has 0 atom stereocenters. The molecule has 0 saturated carbocycles. The first-order valence-corrected chi connectivity index (χ1v) is 8.70.